The summed E-state index contributed by atoms with van der Waals surface area (Å²) in [5.74, 6) is 1.44. The van der Waals surface area contributed by atoms with Crippen LogP contribution in [-0.4, -0.2) is 18.0 Å². The Labute approximate surface area is 130 Å². The molecule has 0 spiro atoms. The van der Waals surface area contributed by atoms with Gasteiger partial charge in [0.25, 0.3) is 0 Å². The van der Waals surface area contributed by atoms with Crippen LogP contribution in [0.5, 0.6) is 5.75 Å². The highest BCUT2D eigenvalue weighted by molar-refractivity contribution is 7.99. The van der Waals surface area contributed by atoms with E-state index in [-0.39, 0.29) is 0 Å². The average molecular weight is 300 g/mol. The normalized spacial score (nSPS) is 14.8. The van der Waals surface area contributed by atoms with Crippen LogP contribution in [0.25, 0.3) is 0 Å². The topological polar surface area (TPSA) is 29.5 Å². The maximum absolute atomic E-state index is 10.3. The van der Waals surface area contributed by atoms with Crippen molar-refractivity contribution in [3.05, 3.63) is 59.2 Å². The minimum absolute atomic E-state index is 0.474. The van der Waals surface area contributed by atoms with Crippen LogP contribution in [-0.2, 0) is 12.8 Å². The van der Waals surface area contributed by atoms with E-state index < -0.39 is 6.10 Å². The highest BCUT2D eigenvalue weighted by atomic mass is 32.2. The van der Waals surface area contributed by atoms with Gasteiger partial charge in [-0.2, -0.15) is 0 Å². The van der Waals surface area contributed by atoms with Gasteiger partial charge in [0.05, 0.1) is 13.2 Å². The molecule has 0 aliphatic heterocycles. The van der Waals surface area contributed by atoms with Gasteiger partial charge >= 0.3 is 0 Å². The Hall–Kier alpha value is -1.45. The van der Waals surface area contributed by atoms with Gasteiger partial charge in [-0.25, -0.2) is 0 Å². The van der Waals surface area contributed by atoms with Gasteiger partial charge in [-0.1, -0.05) is 18.2 Å². The van der Waals surface area contributed by atoms with Gasteiger partial charge in [-0.05, 0) is 60.2 Å². The molecule has 0 saturated heterocycles. The highest BCUT2D eigenvalue weighted by Crippen LogP contribution is 2.30. The Bertz CT molecular complexity index is 624. The first kappa shape index (κ1) is 14.5. The number of aryl methyl sites for hydroxylation is 2. The summed E-state index contributed by atoms with van der Waals surface area (Å²) in [4.78, 5) is 1.25. The maximum Gasteiger partial charge on any atom is 0.119 e. The van der Waals surface area contributed by atoms with Crippen LogP contribution in [0.2, 0.25) is 0 Å². The van der Waals surface area contributed by atoms with E-state index in [4.69, 9.17) is 4.74 Å². The van der Waals surface area contributed by atoms with E-state index in [1.54, 1.807) is 18.9 Å². The molecule has 0 saturated carbocycles. The molecule has 1 unspecified atom stereocenters. The lowest BCUT2D eigenvalue weighted by Gasteiger charge is -2.12. The number of fused-ring (bicyclic) bond motifs is 1. The van der Waals surface area contributed by atoms with Crippen LogP contribution < -0.4 is 4.74 Å². The van der Waals surface area contributed by atoms with Gasteiger partial charge in [-0.3, -0.25) is 0 Å². The summed E-state index contributed by atoms with van der Waals surface area (Å²) in [6.45, 7) is 0. The zero-order valence-corrected chi connectivity index (χ0v) is 13.0. The molecule has 110 valence electrons. The first-order valence-electron chi connectivity index (χ1n) is 7.33. The van der Waals surface area contributed by atoms with Crippen molar-refractivity contribution in [3.63, 3.8) is 0 Å². The van der Waals surface area contributed by atoms with Crippen molar-refractivity contribution in [3.8, 4) is 5.75 Å². The van der Waals surface area contributed by atoms with Crippen LogP contribution in [0.3, 0.4) is 0 Å². The molecule has 1 N–H and O–H groups in total. The third-order valence-corrected chi connectivity index (χ3v) is 5.03. The van der Waals surface area contributed by atoms with Crippen molar-refractivity contribution in [1.29, 1.82) is 0 Å². The lowest BCUT2D eigenvalue weighted by atomic mass is 10.1. The van der Waals surface area contributed by atoms with Crippen molar-refractivity contribution in [2.45, 2.75) is 30.3 Å². The summed E-state index contributed by atoms with van der Waals surface area (Å²) in [5.41, 5.74) is 3.88. The second kappa shape index (κ2) is 6.54. The molecular weight excluding hydrogens is 280 g/mol. The molecule has 21 heavy (non-hydrogen) atoms. The summed E-state index contributed by atoms with van der Waals surface area (Å²) in [6, 6.07) is 14.3. The van der Waals surface area contributed by atoms with E-state index in [9.17, 15) is 5.11 Å². The predicted molar refractivity (Wildman–Crippen MR) is 87.1 cm³/mol. The van der Waals surface area contributed by atoms with Crippen molar-refractivity contribution in [2.24, 2.45) is 0 Å². The molecule has 0 bridgehead atoms. The summed E-state index contributed by atoms with van der Waals surface area (Å²) in [7, 11) is 1.64. The quantitative estimate of drug-likeness (QED) is 0.846. The SMILES string of the molecule is COc1cccc(C(O)CSc2ccc3c(c2)CCC3)c1. The number of rotatable bonds is 5. The van der Waals surface area contributed by atoms with Gasteiger partial charge < -0.3 is 9.84 Å². The van der Waals surface area contributed by atoms with Crippen molar-refractivity contribution < 1.29 is 9.84 Å². The first-order valence-corrected chi connectivity index (χ1v) is 8.31. The molecule has 0 fully saturated rings. The van der Waals surface area contributed by atoms with E-state index in [0.717, 1.165) is 11.3 Å². The summed E-state index contributed by atoms with van der Waals surface area (Å²) >= 11 is 1.71. The number of aliphatic hydroxyl groups excluding tert-OH is 1. The number of hydrogen-bond acceptors (Lipinski definition) is 3. The largest absolute Gasteiger partial charge is 0.497 e. The molecular formula is C18H20O2S. The Morgan fingerprint density at radius 1 is 1.14 bits per heavy atom. The molecule has 2 aromatic carbocycles. The van der Waals surface area contributed by atoms with Gasteiger partial charge in [0, 0.05) is 10.6 Å². The second-order valence-corrected chi connectivity index (χ2v) is 6.48. The van der Waals surface area contributed by atoms with Gasteiger partial charge in [-0.15, -0.1) is 11.8 Å². The fourth-order valence-electron chi connectivity index (χ4n) is 2.76. The smallest absolute Gasteiger partial charge is 0.119 e. The predicted octanol–water partition coefficient (Wildman–Crippen LogP) is 4.01. The second-order valence-electron chi connectivity index (χ2n) is 5.39. The molecule has 0 heterocycles. The summed E-state index contributed by atoms with van der Waals surface area (Å²) in [5, 5.41) is 10.3. The lowest BCUT2D eigenvalue weighted by molar-refractivity contribution is 0.203. The van der Waals surface area contributed by atoms with E-state index in [1.165, 1.54) is 35.3 Å². The molecule has 1 atom stereocenters. The number of aliphatic hydroxyl groups is 1. The van der Waals surface area contributed by atoms with Crippen LogP contribution in [0.15, 0.2) is 47.4 Å². The average Bonchev–Trinajstić information content (AvgIpc) is 3.00. The van der Waals surface area contributed by atoms with Crippen LogP contribution in [0.1, 0.15) is 29.2 Å². The molecule has 1 aliphatic carbocycles. The summed E-state index contributed by atoms with van der Waals surface area (Å²) in [6.07, 6.45) is 3.21. The number of ether oxygens (including phenoxy) is 1. The van der Waals surface area contributed by atoms with Crippen molar-refractivity contribution in [2.75, 3.05) is 12.9 Å². The monoisotopic (exact) mass is 300 g/mol. The lowest BCUT2D eigenvalue weighted by Crippen LogP contribution is -2.01. The molecule has 2 aromatic rings. The van der Waals surface area contributed by atoms with E-state index in [2.05, 4.69) is 18.2 Å². The first-order chi connectivity index (χ1) is 10.3. The number of methoxy groups -OCH3 is 1. The summed E-state index contributed by atoms with van der Waals surface area (Å²) < 4.78 is 5.20. The number of thioether (sulfide) groups is 1. The minimum atomic E-state index is -0.474. The number of hydrogen-bond donors (Lipinski definition) is 1. The Kier molecular flexibility index (Phi) is 4.51. The molecule has 2 nitrogen and oxygen atoms in total. The Morgan fingerprint density at radius 2 is 2.00 bits per heavy atom. The van der Waals surface area contributed by atoms with Crippen molar-refractivity contribution in [1.82, 2.24) is 0 Å². The molecule has 1 aliphatic rings. The zero-order valence-electron chi connectivity index (χ0n) is 12.2. The molecule has 3 heteroatoms. The van der Waals surface area contributed by atoms with Crippen molar-refractivity contribution >= 4 is 11.8 Å². The van der Waals surface area contributed by atoms with E-state index >= 15 is 0 Å². The standard InChI is InChI=1S/C18H20O2S/c1-20-16-7-3-6-15(10-16)18(19)12-21-17-9-8-13-4-2-5-14(13)11-17/h3,6-11,18-19H,2,4-5,12H2,1H3. The van der Waals surface area contributed by atoms with E-state index in [1.807, 2.05) is 24.3 Å². The van der Waals surface area contributed by atoms with Crippen LogP contribution in [0.4, 0.5) is 0 Å². The highest BCUT2D eigenvalue weighted by Gasteiger charge is 2.13. The van der Waals surface area contributed by atoms with Crippen LogP contribution >= 0.6 is 11.8 Å². The third kappa shape index (κ3) is 3.42. The third-order valence-electron chi connectivity index (χ3n) is 3.96. The fourth-order valence-corrected chi connectivity index (χ4v) is 3.69. The van der Waals surface area contributed by atoms with Gasteiger partial charge in [0.2, 0.25) is 0 Å². The molecule has 0 amide bonds. The zero-order chi connectivity index (χ0) is 14.7. The fraction of sp³-hybridized carbons (Fsp3) is 0.333. The van der Waals surface area contributed by atoms with Gasteiger partial charge in [0.15, 0.2) is 0 Å². The van der Waals surface area contributed by atoms with Gasteiger partial charge in [0.1, 0.15) is 5.75 Å². The Balaban J connectivity index is 1.64. The molecule has 0 aromatic heterocycles. The van der Waals surface area contributed by atoms with E-state index in [0.29, 0.717) is 5.75 Å². The minimum Gasteiger partial charge on any atom is -0.497 e. The Morgan fingerprint density at radius 3 is 2.86 bits per heavy atom. The maximum atomic E-state index is 10.3. The molecule has 0 radical (unpaired) electrons. The molecule has 3 rings (SSSR count). The number of benzene rings is 2. The van der Waals surface area contributed by atoms with Crippen LogP contribution in [0, 0.1) is 0 Å².